The molecule has 2 heterocycles. The number of piperidine rings is 1. The lowest BCUT2D eigenvalue weighted by molar-refractivity contribution is -0.139. The van der Waals surface area contributed by atoms with Gasteiger partial charge in [-0.05, 0) is 31.6 Å². The second-order valence-corrected chi connectivity index (χ2v) is 9.59. The molecule has 2 saturated heterocycles. The third-order valence-corrected chi connectivity index (χ3v) is 6.06. The Bertz CT molecular complexity index is 797. The first-order chi connectivity index (χ1) is 13.6. The van der Waals surface area contributed by atoms with Crippen LogP contribution in [-0.2, 0) is 24.3 Å². The number of hydroxylamine groups is 3. The van der Waals surface area contributed by atoms with E-state index in [1.165, 1.54) is 0 Å². The van der Waals surface area contributed by atoms with Gasteiger partial charge >= 0.3 is 22.5 Å². The summed E-state index contributed by atoms with van der Waals surface area (Å²) in [6.07, 6.45) is -0.357. The zero-order chi connectivity index (χ0) is 22.9. The normalized spacial score (nSPS) is 23.8. The average Bonchev–Trinajstić information content (AvgIpc) is 2.80. The molecule has 2 rings (SSSR count). The fourth-order valence-corrected chi connectivity index (χ4v) is 3.80. The molecule has 3 atom stereocenters. The summed E-state index contributed by atoms with van der Waals surface area (Å²) in [5, 5.41) is 12.1. The van der Waals surface area contributed by atoms with Crippen LogP contribution in [0.25, 0.3) is 0 Å². The van der Waals surface area contributed by atoms with Crippen molar-refractivity contribution in [3.05, 3.63) is 0 Å². The predicted octanol–water partition coefficient (Wildman–Crippen LogP) is 0.500. The molecule has 2 aliphatic heterocycles. The number of carbonyl (C=O) groups excluding carboxylic acids is 2. The summed E-state index contributed by atoms with van der Waals surface area (Å²) in [5.74, 6) is -0.598. The number of fused-ring (bicyclic) bond motifs is 2. The van der Waals surface area contributed by atoms with Gasteiger partial charge in [-0.15, -0.1) is 4.28 Å². The molecule has 30 heavy (non-hydrogen) atoms. The molecule has 13 nitrogen and oxygen atoms in total. The van der Waals surface area contributed by atoms with Crippen molar-refractivity contribution >= 4 is 28.4 Å². The van der Waals surface area contributed by atoms with Crippen LogP contribution in [0.2, 0.25) is 0 Å². The number of urea groups is 1. The van der Waals surface area contributed by atoms with Gasteiger partial charge < -0.3 is 15.3 Å². The highest BCUT2D eigenvalue weighted by Crippen LogP contribution is 2.33. The van der Waals surface area contributed by atoms with Crippen molar-refractivity contribution in [3.63, 3.8) is 0 Å². The van der Waals surface area contributed by atoms with Gasteiger partial charge in [-0.2, -0.15) is 13.5 Å². The summed E-state index contributed by atoms with van der Waals surface area (Å²) in [7, 11) is -4.86. The maximum atomic E-state index is 12.5. The Morgan fingerprint density at radius 3 is 2.40 bits per heavy atom. The van der Waals surface area contributed by atoms with Crippen LogP contribution < -0.4 is 10.8 Å². The van der Waals surface area contributed by atoms with Crippen LogP contribution in [0.4, 0.5) is 9.59 Å². The number of rotatable bonds is 8. The molecule has 4 amide bonds. The van der Waals surface area contributed by atoms with Gasteiger partial charge in [0.2, 0.25) is 0 Å². The van der Waals surface area contributed by atoms with Crippen molar-refractivity contribution in [3.8, 4) is 0 Å². The summed E-state index contributed by atoms with van der Waals surface area (Å²) in [5.41, 5.74) is 1.02. The number of nitrogens with one attached hydrogen (secondary N) is 2. The Labute approximate surface area is 174 Å². The largest absolute Gasteiger partial charge is 0.465 e. The van der Waals surface area contributed by atoms with Crippen molar-refractivity contribution in [2.24, 2.45) is 5.41 Å². The van der Waals surface area contributed by atoms with Crippen LogP contribution in [0, 0.1) is 5.41 Å². The highest BCUT2D eigenvalue weighted by molar-refractivity contribution is 7.80. The first-order valence-electron chi connectivity index (χ1n) is 9.34. The maximum absolute atomic E-state index is 12.5. The zero-order valence-corrected chi connectivity index (χ0v) is 18.1. The van der Waals surface area contributed by atoms with E-state index >= 15 is 0 Å². The Morgan fingerprint density at radius 2 is 1.87 bits per heavy atom. The number of nitrogens with zero attached hydrogens (tertiary/aromatic N) is 2. The van der Waals surface area contributed by atoms with E-state index in [0.717, 1.165) is 4.90 Å². The number of amides is 4. The number of carboxylic acid groups (broad SMARTS) is 1. The minimum absolute atomic E-state index is 0.0150. The average molecular weight is 452 g/mol. The topological polar surface area (TPSA) is 175 Å². The predicted molar refractivity (Wildman–Crippen MR) is 101 cm³/mol. The molecule has 1 unspecified atom stereocenters. The molecule has 2 fully saturated rings. The fourth-order valence-electron chi connectivity index (χ4n) is 3.41. The van der Waals surface area contributed by atoms with E-state index < -0.39 is 51.5 Å². The van der Waals surface area contributed by atoms with Crippen LogP contribution in [0.5, 0.6) is 0 Å². The van der Waals surface area contributed by atoms with Gasteiger partial charge in [-0.3, -0.25) is 14.2 Å². The van der Waals surface area contributed by atoms with Gasteiger partial charge in [0.15, 0.2) is 0 Å². The maximum Gasteiger partial charge on any atom is 0.418 e. The molecule has 0 aromatic rings. The Hall–Kier alpha value is -2.16. The third kappa shape index (κ3) is 5.50. The van der Waals surface area contributed by atoms with Gasteiger partial charge in [0, 0.05) is 12.1 Å². The minimum Gasteiger partial charge on any atom is -0.465 e. The van der Waals surface area contributed by atoms with Crippen molar-refractivity contribution < 1.29 is 41.6 Å². The molecular weight excluding hydrogens is 424 g/mol. The summed E-state index contributed by atoms with van der Waals surface area (Å²) in [6, 6.07) is -2.34. The number of hydrogen-bond donors (Lipinski definition) is 4. The molecule has 4 N–H and O–H groups in total. The molecule has 14 heteroatoms. The van der Waals surface area contributed by atoms with Crippen molar-refractivity contribution in [1.29, 1.82) is 0 Å². The third-order valence-electron chi connectivity index (χ3n) is 5.72. The Morgan fingerprint density at radius 1 is 1.23 bits per heavy atom. The summed E-state index contributed by atoms with van der Waals surface area (Å²) >= 11 is 0. The Kier molecular flexibility index (Phi) is 6.85. The second kappa shape index (κ2) is 8.53. The molecule has 0 aliphatic carbocycles. The van der Waals surface area contributed by atoms with Crippen LogP contribution in [0.3, 0.4) is 0 Å². The van der Waals surface area contributed by atoms with E-state index in [1.807, 2.05) is 20.8 Å². The number of hydrogen-bond acceptors (Lipinski definition) is 7. The van der Waals surface area contributed by atoms with Gasteiger partial charge in [-0.1, -0.05) is 20.8 Å². The van der Waals surface area contributed by atoms with E-state index in [-0.39, 0.29) is 26.0 Å². The molecule has 0 spiro atoms. The highest BCUT2D eigenvalue weighted by Gasteiger charge is 2.49. The molecule has 172 valence electrons. The molecule has 0 aromatic carbocycles. The minimum atomic E-state index is -4.86. The molecule has 0 radical (unpaired) electrons. The quantitative estimate of drug-likeness (QED) is 0.232. The van der Waals surface area contributed by atoms with E-state index in [1.54, 1.807) is 6.92 Å². The SMILES string of the molecule is CC(C)(C)C(C)(CCONC(=O)[C@@H]1CC[C@@H]2CN1C(=O)N2OS(=O)(=O)O)NC(=O)O. The van der Waals surface area contributed by atoms with Gasteiger partial charge in [0.1, 0.15) is 6.04 Å². The smallest absolute Gasteiger partial charge is 0.418 e. The first kappa shape index (κ1) is 24.1. The van der Waals surface area contributed by atoms with Crippen molar-refractivity contribution in [2.75, 3.05) is 13.2 Å². The molecular formula is C16H28N4O9S. The monoisotopic (exact) mass is 452 g/mol. The van der Waals surface area contributed by atoms with E-state index in [2.05, 4.69) is 15.1 Å². The fraction of sp³-hybridized carbons (Fsp3) is 0.812. The molecule has 2 bridgehead atoms. The number of carbonyl (C=O) groups is 3. The highest BCUT2D eigenvalue weighted by atomic mass is 32.3. The van der Waals surface area contributed by atoms with E-state index in [0.29, 0.717) is 11.5 Å². The summed E-state index contributed by atoms with van der Waals surface area (Å²) < 4.78 is 34.9. The van der Waals surface area contributed by atoms with Crippen LogP contribution >= 0.6 is 0 Å². The lowest BCUT2D eigenvalue weighted by atomic mass is 9.73. The summed E-state index contributed by atoms with van der Waals surface area (Å²) in [4.78, 5) is 42.2. The summed E-state index contributed by atoms with van der Waals surface area (Å²) in [6.45, 7) is 7.44. The lowest BCUT2D eigenvalue weighted by Crippen LogP contribution is -2.55. The molecule has 2 aliphatic rings. The van der Waals surface area contributed by atoms with Crippen LogP contribution in [0.1, 0.15) is 47.0 Å². The van der Waals surface area contributed by atoms with Gasteiger partial charge in [0.05, 0.1) is 12.6 Å². The molecule has 0 aromatic heterocycles. The second-order valence-electron chi connectivity index (χ2n) is 8.59. The van der Waals surface area contributed by atoms with Crippen molar-refractivity contribution in [2.45, 2.75) is 64.6 Å². The zero-order valence-electron chi connectivity index (χ0n) is 17.2. The van der Waals surface area contributed by atoms with Crippen molar-refractivity contribution in [1.82, 2.24) is 20.8 Å². The van der Waals surface area contributed by atoms with E-state index in [4.69, 9.17) is 14.5 Å². The van der Waals surface area contributed by atoms with E-state index in [9.17, 15) is 22.8 Å². The van der Waals surface area contributed by atoms with Crippen LogP contribution in [0.15, 0.2) is 0 Å². The van der Waals surface area contributed by atoms with Gasteiger partial charge in [-0.25, -0.2) is 15.1 Å². The first-order valence-corrected chi connectivity index (χ1v) is 10.7. The molecule has 0 saturated carbocycles. The lowest BCUT2D eigenvalue weighted by Gasteiger charge is -2.41. The van der Waals surface area contributed by atoms with Gasteiger partial charge in [0.25, 0.3) is 5.91 Å². The Balaban J connectivity index is 1.90. The van der Waals surface area contributed by atoms with Crippen LogP contribution in [-0.4, -0.2) is 76.8 Å². The standard InChI is InChI=1S/C16H28N4O9S/c1-15(2,3)16(4,17-13(22)23)7-8-28-18-12(21)11-6-5-10-9-19(11)14(24)20(10)29-30(25,26)27/h10-11,17H,5-9H2,1-4H3,(H,18,21)(H,22,23)(H,25,26,27)/t10-,11+,16?/m1/s1.